The lowest BCUT2D eigenvalue weighted by atomic mass is 10.0. The van der Waals surface area contributed by atoms with Crippen LogP contribution in [0.2, 0.25) is 0 Å². The number of carbonyl (C=O) groups excluding carboxylic acids is 2. The fraction of sp³-hybridized carbons (Fsp3) is 0.263. The standard InChI is InChI=1S/C19H22N2O3/c1-13-8-10-14(11-9-13)12-16(18(20)22)21-19(23)17(24-2)15-6-4-3-5-7-15/h3-11,16-17H,12H2,1-2H3,(H2,20,22)(H,21,23)/t16-,17+/m0/s1. The molecule has 3 N–H and O–H groups in total. The highest BCUT2D eigenvalue weighted by atomic mass is 16.5. The molecule has 0 aliphatic heterocycles. The van der Waals surface area contributed by atoms with E-state index in [0.717, 1.165) is 16.7 Å². The van der Waals surface area contributed by atoms with E-state index < -0.39 is 18.1 Å². The molecule has 126 valence electrons. The van der Waals surface area contributed by atoms with Crippen LogP contribution in [0.25, 0.3) is 0 Å². The van der Waals surface area contributed by atoms with Crippen molar-refractivity contribution in [2.75, 3.05) is 7.11 Å². The van der Waals surface area contributed by atoms with E-state index in [9.17, 15) is 9.59 Å². The molecule has 2 amide bonds. The predicted molar refractivity (Wildman–Crippen MR) is 92.2 cm³/mol. The molecule has 0 fully saturated rings. The highest BCUT2D eigenvalue weighted by Gasteiger charge is 2.25. The zero-order valence-corrected chi connectivity index (χ0v) is 13.9. The van der Waals surface area contributed by atoms with Gasteiger partial charge in [-0.05, 0) is 18.1 Å². The summed E-state index contributed by atoms with van der Waals surface area (Å²) in [4.78, 5) is 24.2. The van der Waals surface area contributed by atoms with Gasteiger partial charge in [0.2, 0.25) is 5.91 Å². The molecule has 5 nitrogen and oxygen atoms in total. The van der Waals surface area contributed by atoms with Crippen LogP contribution in [0.5, 0.6) is 0 Å². The van der Waals surface area contributed by atoms with Gasteiger partial charge in [0, 0.05) is 13.5 Å². The summed E-state index contributed by atoms with van der Waals surface area (Å²) in [6.45, 7) is 1.99. The van der Waals surface area contributed by atoms with E-state index >= 15 is 0 Å². The van der Waals surface area contributed by atoms with Crippen molar-refractivity contribution in [3.63, 3.8) is 0 Å². The molecule has 0 aliphatic rings. The van der Waals surface area contributed by atoms with Gasteiger partial charge in [-0.1, -0.05) is 60.2 Å². The van der Waals surface area contributed by atoms with Crippen molar-refractivity contribution >= 4 is 11.8 Å². The van der Waals surface area contributed by atoms with Crippen LogP contribution in [0.3, 0.4) is 0 Å². The number of methoxy groups -OCH3 is 1. The second-order valence-electron chi connectivity index (χ2n) is 5.68. The lowest BCUT2D eigenvalue weighted by molar-refractivity contribution is -0.134. The average molecular weight is 326 g/mol. The Hall–Kier alpha value is -2.66. The minimum absolute atomic E-state index is 0.340. The summed E-state index contributed by atoms with van der Waals surface area (Å²) in [6.07, 6.45) is -0.446. The lowest BCUT2D eigenvalue weighted by Gasteiger charge is -2.20. The van der Waals surface area contributed by atoms with Crippen LogP contribution in [0.1, 0.15) is 22.8 Å². The maximum Gasteiger partial charge on any atom is 0.254 e. The molecule has 0 unspecified atom stereocenters. The smallest absolute Gasteiger partial charge is 0.254 e. The monoisotopic (exact) mass is 326 g/mol. The van der Waals surface area contributed by atoms with E-state index in [1.165, 1.54) is 7.11 Å². The summed E-state index contributed by atoms with van der Waals surface area (Å²) in [5.41, 5.74) is 8.22. The summed E-state index contributed by atoms with van der Waals surface area (Å²) >= 11 is 0. The summed E-state index contributed by atoms with van der Waals surface area (Å²) < 4.78 is 5.28. The summed E-state index contributed by atoms with van der Waals surface area (Å²) in [7, 11) is 1.45. The summed E-state index contributed by atoms with van der Waals surface area (Å²) in [5.74, 6) is -0.966. The molecule has 2 atom stereocenters. The summed E-state index contributed by atoms with van der Waals surface area (Å²) in [6, 6.07) is 16.1. The van der Waals surface area contributed by atoms with Crippen LogP contribution in [0, 0.1) is 6.92 Å². The number of benzene rings is 2. The highest BCUT2D eigenvalue weighted by molar-refractivity contribution is 5.89. The quantitative estimate of drug-likeness (QED) is 0.815. The van der Waals surface area contributed by atoms with Crippen molar-refractivity contribution < 1.29 is 14.3 Å². The Bertz CT molecular complexity index is 684. The van der Waals surface area contributed by atoms with Gasteiger partial charge in [0.1, 0.15) is 6.04 Å². The minimum atomic E-state index is -0.790. The van der Waals surface area contributed by atoms with Crippen molar-refractivity contribution in [3.8, 4) is 0 Å². The fourth-order valence-corrected chi connectivity index (χ4v) is 2.45. The number of nitrogens with two attached hydrogens (primary N) is 1. The van der Waals surface area contributed by atoms with E-state index in [2.05, 4.69) is 5.32 Å². The molecule has 0 bridgehead atoms. The molecule has 0 saturated heterocycles. The number of amides is 2. The number of hydrogen-bond acceptors (Lipinski definition) is 3. The second-order valence-corrected chi connectivity index (χ2v) is 5.68. The van der Waals surface area contributed by atoms with Crippen LogP contribution >= 0.6 is 0 Å². The number of nitrogens with one attached hydrogen (secondary N) is 1. The fourth-order valence-electron chi connectivity index (χ4n) is 2.45. The maximum atomic E-state index is 12.5. The number of carbonyl (C=O) groups is 2. The minimum Gasteiger partial charge on any atom is -0.368 e. The Morgan fingerprint density at radius 1 is 1.08 bits per heavy atom. The van der Waals surface area contributed by atoms with Gasteiger partial charge in [0.25, 0.3) is 5.91 Å². The lowest BCUT2D eigenvalue weighted by Crippen LogP contribution is -2.47. The molecule has 2 rings (SSSR count). The third-order valence-electron chi connectivity index (χ3n) is 3.80. The molecular weight excluding hydrogens is 304 g/mol. The molecule has 2 aromatic carbocycles. The van der Waals surface area contributed by atoms with Gasteiger partial charge in [0.15, 0.2) is 6.10 Å². The van der Waals surface area contributed by atoms with Gasteiger partial charge in [-0.25, -0.2) is 0 Å². The molecule has 5 heteroatoms. The van der Waals surface area contributed by atoms with Crippen molar-refractivity contribution in [2.45, 2.75) is 25.5 Å². The molecule has 0 radical (unpaired) electrons. The Kier molecular flexibility index (Phi) is 6.09. The normalized spacial score (nSPS) is 13.1. The van der Waals surface area contributed by atoms with E-state index in [1.54, 1.807) is 12.1 Å². The van der Waals surface area contributed by atoms with E-state index in [1.807, 2.05) is 49.4 Å². The van der Waals surface area contributed by atoms with Crippen LogP contribution in [0.4, 0.5) is 0 Å². The van der Waals surface area contributed by atoms with Crippen LogP contribution in [-0.2, 0) is 20.7 Å². The number of rotatable bonds is 7. The Morgan fingerprint density at radius 3 is 2.25 bits per heavy atom. The van der Waals surface area contributed by atoms with Crippen molar-refractivity contribution in [2.24, 2.45) is 5.73 Å². The van der Waals surface area contributed by atoms with Crippen molar-refractivity contribution in [1.29, 1.82) is 0 Å². The molecule has 0 heterocycles. The number of hydrogen-bond donors (Lipinski definition) is 2. The zero-order valence-electron chi connectivity index (χ0n) is 13.9. The Labute approximate surface area is 141 Å². The number of primary amides is 1. The van der Waals surface area contributed by atoms with Crippen molar-refractivity contribution in [1.82, 2.24) is 5.32 Å². The molecule has 2 aromatic rings. The Morgan fingerprint density at radius 2 is 1.71 bits per heavy atom. The van der Waals surface area contributed by atoms with Gasteiger partial charge in [0.05, 0.1) is 0 Å². The van der Waals surface area contributed by atoms with E-state index in [4.69, 9.17) is 10.5 Å². The molecule has 0 saturated carbocycles. The van der Waals surface area contributed by atoms with Crippen LogP contribution < -0.4 is 11.1 Å². The van der Waals surface area contributed by atoms with E-state index in [0.29, 0.717) is 6.42 Å². The molecule has 24 heavy (non-hydrogen) atoms. The summed E-state index contributed by atoms with van der Waals surface area (Å²) in [5, 5.41) is 2.69. The SMILES string of the molecule is CO[C@@H](C(=O)N[C@@H](Cc1ccc(C)cc1)C(N)=O)c1ccccc1. The first-order valence-corrected chi connectivity index (χ1v) is 7.74. The van der Waals surface area contributed by atoms with E-state index in [-0.39, 0.29) is 5.91 Å². The first-order valence-electron chi connectivity index (χ1n) is 7.74. The Balaban J connectivity index is 2.10. The van der Waals surface area contributed by atoms with Gasteiger partial charge in [-0.15, -0.1) is 0 Å². The first kappa shape index (κ1) is 17.7. The number of aryl methyl sites for hydroxylation is 1. The topological polar surface area (TPSA) is 81.4 Å². The molecular formula is C19H22N2O3. The van der Waals surface area contributed by atoms with Crippen molar-refractivity contribution in [3.05, 3.63) is 71.3 Å². The van der Waals surface area contributed by atoms with Gasteiger partial charge >= 0.3 is 0 Å². The van der Waals surface area contributed by atoms with Crippen LogP contribution in [-0.4, -0.2) is 25.0 Å². The first-order chi connectivity index (χ1) is 11.5. The largest absolute Gasteiger partial charge is 0.368 e. The zero-order chi connectivity index (χ0) is 17.5. The molecule has 0 aromatic heterocycles. The average Bonchev–Trinajstić information content (AvgIpc) is 2.57. The second kappa shape index (κ2) is 8.26. The van der Waals surface area contributed by atoms with Gasteiger partial charge < -0.3 is 15.8 Å². The number of ether oxygens (including phenoxy) is 1. The predicted octanol–water partition coefficient (Wildman–Crippen LogP) is 1.90. The van der Waals surface area contributed by atoms with Gasteiger partial charge in [-0.3, -0.25) is 9.59 Å². The highest BCUT2D eigenvalue weighted by Crippen LogP contribution is 2.17. The third-order valence-corrected chi connectivity index (χ3v) is 3.80. The molecule has 0 aliphatic carbocycles. The maximum absolute atomic E-state index is 12.5. The van der Waals surface area contributed by atoms with Crippen LogP contribution in [0.15, 0.2) is 54.6 Å². The molecule has 0 spiro atoms. The third kappa shape index (κ3) is 4.67. The van der Waals surface area contributed by atoms with Gasteiger partial charge in [-0.2, -0.15) is 0 Å².